The van der Waals surface area contributed by atoms with Crippen LogP contribution in [-0.4, -0.2) is 4.98 Å². The van der Waals surface area contributed by atoms with Crippen molar-refractivity contribution in [1.29, 1.82) is 0 Å². The second-order valence-corrected chi connectivity index (χ2v) is 2.65. The van der Waals surface area contributed by atoms with Crippen LogP contribution in [-0.2, 0) is 0 Å². The largest absolute Gasteiger partial charge is 0.254 e. The zero-order valence-corrected chi connectivity index (χ0v) is 7.26. The van der Waals surface area contributed by atoms with Gasteiger partial charge in [-0.15, -0.1) is 0 Å². The quantitative estimate of drug-likeness (QED) is 0.595. The van der Waals surface area contributed by atoms with Gasteiger partial charge < -0.3 is 0 Å². The molecule has 1 nitrogen and oxygen atoms in total. The van der Waals surface area contributed by atoms with Crippen LogP contribution in [0.25, 0.3) is 6.08 Å². The fourth-order valence-electron chi connectivity index (χ4n) is 0.973. The van der Waals surface area contributed by atoms with E-state index < -0.39 is 0 Å². The zero-order chi connectivity index (χ0) is 8.27. The zero-order valence-electron chi connectivity index (χ0n) is 7.26. The minimum atomic E-state index is 1.07. The third-order valence-electron chi connectivity index (χ3n) is 1.60. The van der Waals surface area contributed by atoms with Crippen LogP contribution in [0.5, 0.6) is 0 Å². The molecule has 0 aromatic carbocycles. The Balaban J connectivity index is 3.12. The Kier molecular flexibility index (Phi) is 2.42. The van der Waals surface area contributed by atoms with Gasteiger partial charge in [-0.1, -0.05) is 12.1 Å². The summed E-state index contributed by atoms with van der Waals surface area (Å²) in [6.07, 6.45) is 4.04. The summed E-state index contributed by atoms with van der Waals surface area (Å²) >= 11 is 0. The highest BCUT2D eigenvalue weighted by Gasteiger charge is 1.93. The van der Waals surface area contributed by atoms with Gasteiger partial charge in [0.15, 0.2) is 0 Å². The van der Waals surface area contributed by atoms with E-state index in [9.17, 15) is 0 Å². The van der Waals surface area contributed by atoms with E-state index in [-0.39, 0.29) is 0 Å². The molecule has 1 aromatic rings. The summed E-state index contributed by atoms with van der Waals surface area (Å²) in [6, 6.07) is 4.12. The molecule has 0 fully saturated rings. The predicted octanol–water partition coefficient (Wildman–Crippen LogP) is 2.73. The van der Waals surface area contributed by atoms with E-state index in [0.29, 0.717) is 0 Å². The molecule has 0 aliphatic carbocycles. The van der Waals surface area contributed by atoms with Crippen molar-refractivity contribution in [2.24, 2.45) is 0 Å². The number of aromatic nitrogens is 1. The van der Waals surface area contributed by atoms with Crippen LogP contribution < -0.4 is 0 Å². The first-order chi connectivity index (χ1) is 5.24. The summed E-state index contributed by atoms with van der Waals surface area (Å²) in [5, 5.41) is 0. The van der Waals surface area contributed by atoms with Crippen molar-refractivity contribution >= 4 is 6.08 Å². The molecule has 0 saturated carbocycles. The van der Waals surface area contributed by atoms with Crippen molar-refractivity contribution in [2.45, 2.75) is 20.8 Å². The molecular formula is C10H13N. The highest BCUT2D eigenvalue weighted by molar-refractivity contribution is 5.48. The fourth-order valence-corrected chi connectivity index (χ4v) is 0.973. The lowest BCUT2D eigenvalue weighted by atomic mass is 10.2. The summed E-state index contributed by atoms with van der Waals surface area (Å²) < 4.78 is 0. The van der Waals surface area contributed by atoms with Crippen LogP contribution in [0.1, 0.15) is 23.9 Å². The van der Waals surface area contributed by atoms with E-state index in [4.69, 9.17) is 0 Å². The van der Waals surface area contributed by atoms with Crippen molar-refractivity contribution in [3.8, 4) is 0 Å². The first kappa shape index (κ1) is 7.99. The van der Waals surface area contributed by atoms with E-state index in [1.54, 1.807) is 0 Å². The number of hydrogen-bond acceptors (Lipinski definition) is 1. The SMILES string of the molecule is C/C=C\c1nc(C)ccc1C. The van der Waals surface area contributed by atoms with E-state index in [0.717, 1.165) is 11.4 Å². The lowest BCUT2D eigenvalue weighted by Crippen LogP contribution is -1.88. The summed E-state index contributed by atoms with van der Waals surface area (Å²) in [6.45, 7) is 6.08. The summed E-state index contributed by atoms with van der Waals surface area (Å²) in [7, 11) is 0. The second kappa shape index (κ2) is 3.33. The summed E-state index contributed by atoms with van der Waals surface area (Å²) in [4.78, 5) is 4.38. The average molecular weight is 147 g/mol. The Hall–Kier alpha value is -1.11. The Morgan fingerprint density at radius 2 is 2.00 bits per heavy atom. The maximum absolute atomic E-state index is 4.38. The van der Waals surface area contributed by atoms with Crippen molar-refractivity contribution in [1.82, 2.24) is 4.98 Å². The molecule has 0 spiro atoms. The maximum atomic E-state index is 4.38. The molecular weight excluding hydrogens is 134 g/mol. The molecule has 1 heterocycles. The first-order valence-electron chi connectivity index (χ1n) is 3.81. The molecule has 0 bridgehead atoms. The van der Waals surface area contributed by atoms with Gasteiger partial charge in [-0.05, 0) is 38.5 Å². The smallest absolute Gasteiger partial charge is 0.0658 e. The minimum Gasteiger partial charge on any atom is -0.254 e. The van der Waals surface area contributed by atoms with E-state index >= 15 is 0 Å². The third kappa shape index (κ3) is 1.90. The van der Waals surface area contributed by atoms with Crippen LogP contribution in [0.4, 0.5) is 0 Å². The third-order valence-corrected chi connectivity index (χ3v) is 1.60. The van der Waals surface area contributed by atoms with Gasteiger partial charge >= 0.3 is 0 Å². The monoisotopic (exact) mass is 147 g/mol. The van der Waals surface area contributed by atoms with Gasteiger partial charge in [0.1, 0.15) is 0 Å². The summed E-state index contributed by atoms with van der Waals surface area (Å²) in [5.74, 6) is 0. The Labute approximate surface area is 67.8 Å². The standard InChI is InChI=1S/C10H13N/c1-4-5-10-8(2)6-7-9(3)11-10/h4-7H,1-3H3/b5-4-. The normalized spacial score (nSPS) is 10.8. The molecule has 0 aliphatic rings. The molecule has 58 valence electrons. The van der Waals surface area contributed by atoms with Crippen molar-refractivity contribution in [3.63, 3.8) is 0 Å². The molecule has 0 unspecified atom stereocenters. The highest BCUT2D eigenvalue weighted by atomic mass is 14.7. The molecule has 0 saturated heterocycles. The van der Waals surface area contributed by atoms with Crippen molar-refractivity contribution in [3.05, 3.63) is 35.2 Å². The first-order valence-corrected chi connectivity index (χ1v) is 3.81. The summed E-state index contributed by atoms with van der Waals surface area (Å²) in [5.41, 5.74) is 3.38. The maximum Gasteiger partial charge on any atom is 0.0658 e. The Morgan fingerprint density at radius 1 is 1.27 bits per heavy atom. The van der Waals surface area contributed by atoms with E-state index in [2.05, 4.69) is 18.0 Å². The van der Waals surface area contributed by atoms with E-state index in [1.807, 2.05) is 32.1 Å². The van der Waals surface area contributed by atoms with Gasteiger partial charge in [0, 0.05) is 5.69 Å². The molecule has 1 aromatic heterocycles. The number of hydrogen-bond donors (Lipinski definition) is 0. The van der Waals surface area contributed by atoms with Crippen LogP contribution in [0.15, 0.2) is 18.2 Å². The lowest BCUT2D eigenvalue weighted by molar-refractivity contribution is 1.15. The predicted molar refractivity (Wildman–Crippen MR) is 48.4 cm³/mol. The van der Waals surface area contributed by atoms with Crippen LogP contribution in [0.2, 0.25) is 0 Å². The number of rotatable bonds is 1. The minimum absolute atomic E-state index is 1.07. The second-order valence-electron chi connectivity index (χ2n) is 2.65. The van der Waals surface area contributed by atoms with Crippen LogP contribution in [0.3, 0.4) is 0 Å². The molecule has 0 amide bonds. The molecule has 1 heteroatoms. The van der Waals surface area contributed by atoms with Gasteiger partial charge in [0.2, 0.25) is 0 Å². The van der Waals surface area contributed by atoms with Crippen LogP contribution >= 0.6 is 0 Å². The number of nitrogens with zero attached hydrogens (tertiary/aromatic N) is 1. The molecule has 0 atom stereocenters. The molecule has 0 radical (unpaired) electrons. The van der Waals surface area contributed by atoms with Crippen molar-refractivity contribution in [2.75, 3.05) is 0 Å². The highest BCUT2D eigenvalue weighted by Crippen LogP contribution is 2.07. The molecule has 1 rings (SSSR count). The number of pyridine rings is 1. The fraction of sp³-hybridized carbons (Fsp3) is 0.300. The average Bonchev–Trinajstić information content (AvgIpc) is 1.98. The van der Waals surface area contributed by atoms with Gasteiger partial charge in [-0.25, -0.2) is 0 Å². The van der Waals surface area contributed by atoms with Gasteiger partial charge in [-0.3, -0.25) is 4.98 Å². The Bertz CT molecular complexity index is 274. The Morgan fingerprint density at radius 3 is 2.64 bits per heavy atom. The number of allylic oxidation sites excluding steroid dienone is 1. The molecule has 11 heavy (non-hydrogen) atoms. The van der Waals surface area contributed by atoms with E-state index in [1.165, 1.54) is 5.56 Å². The van der Waals surface area contributed by atoms with Gasteiger partial charge in [-0.2, -0.15) is 0 Å². The lowest BCUT2D eigenvalue weighted by Gasteiger charge is -1.99. The van der Waals surface area contributed by atoms with Crippen LogP contribution in [0, 0.1) is 13.8 Å². The molecule has 0 N–H and O–H groups in total. The topological polar surface area (TPSA) is 12.9 Å². The van der Waals surface area contributed by atoms with Gasteiger partial charge in [0.25, 0.3) is 0 Å². The number of aryl methyl sites for hydroxylation is 2. The van der Waals surface area contributed by atoms with Gasteiger partial charge in [0.05, 0.1) is 5.69 Å². The molecule has 0 aliphatic heterocycles. The van der Waals surface area contributed by atoms with Crippen molar-refractivity contribution < 1.29 is 0 Å².